The molecule has 0 fully saturated rings. The molecule has 2 aromatic carbocycles. The van der Waals surface area contributed by atoms with Crippen molar-refractivity contribution in [2.75, 3.05) is 0 Å². The van der Waals surface area contributed by atoms with Gasteiger partial charge in [0.15, 0.2) is 0 Å². The van der Waals surface area contributed by atoms with Crippen LogP contribution in [0.2, 0.25) is 10.0 Å². The van der Waals surface area contributed by atoms with E-state index >= 15 is 0 Å². The van der Waals surface area contributed by atoms with Crippen LogP contribution in [0, 0.1) is 11.6 Å². The van der Waals surface area contributed by atoms with Crippen molar-refractivity contribution in [2.45, 2.75) is 6.10 Å². The monoisotopic (exact) mass is 288 g/mol. The van der Waals surface area contributed by atoms with Gasteiger partial charge < -0.3 is 5.11 Å². The van der Waals surface area contributed by atoms with E-state index in [1.165, 1.54) is 24.3 Å². The Balaban J connectivity index is 2.44. The second-order valence-corrected chi connectivity index (χ2v) is 4.56. The Kier molecular flexibility index (Phi) is 3.85. The van der Waals surface area contributed by atoms with Gasteiger partial charge in [-0.1, -0.05) is 29.3 Å². The fourth-order valence-corrected chi connectivity index (χ4v) is 2.00. The molecule has 2 rings (SSSR count). The molecule has 0 radical (unpaired) electrons. The Morgan fingerprint density at radius 1 is 0.944 bits per heavy atom. The van der Waals surface area contributed by atoms with Crippen molar-refractivity contribution < 1.29 is 13.9 Å². The van der Waals surface area contributed by atoms with Crippen LogP contribution in [0.1, 0.15) is 17.2 Å². The molecule has 0 aliphatic carbocycles. The first-order valence-corrected chi connectivity index (χ1v) is 5.82. The molecule has 0 aliphatic heterocycles. The minimum atomic E-state index is -1.16. The highest BCUT2D eigenvalue weighted by Gasteiger charge is 2.16. The molecule has 1 nitrogen and oxygen atoms in total. The molecule has 5 heteroatoms. The molecule has 0 heterocycles. The summed E-state index contributed by atoms with van der Waals surface area (Å²) in [4.78, 5) is 0. The summed E-state index contributed by atoms with van der Waals surface area (Å²) in [6.45, 7) is 0. The van der Waals surface area contributed by atoms with E-state index < -0.39 is 17.7 Å². The molecule has 0 bridgehead atoms. The van der Waals surface area contributed by atoms with Crippen molar-refractivity contribution in [3.8, 4) is 0 Å². The Labute approximate surface area is 113 Å². The highest BCUT2D eigenvalue weighted by Crippen LogP contribution is 2.30. The molecule has 2 aromatic rings. The van der Waals surface area contributed by atoms with Gasteiger partial charge in [0, 0.05) is 10.6 Å². The Morgan fingerprint density at radius 2 is 1.67 bits per heavy atom. The van der Waals surface area contributed by atoms with Gasteiger partial charge in [-0.3, -0.25) is 0 Å². The molecule has 0 saturated heterocycles. The van der Waals surface area contributed by atoms with E-state index in [9.17, 15) is 13.9 Å². The third-order valence-corrected chi connectivity index (χ3v) is 3.15. The molecule has 0 spiro atoms. The molecule has 0 amide bonds. The Morgan fingerprint density at radius 3 is 2.33 bits per heavy atom. The first kappa shape index (κ1) is 13.3. The largest absolute Gasteiger partial charge is 0.384 e. The van der Waals surface area contributed by atoms with E-state index in [4.69, 9.17) is 23.2 Å². The molecular formula is C13H8Cl2F2O. The number of benzene rings is 2. The summed E-state index contributed by atoms with van der Waals surface area (Å²) in [6, 6.07) is 7.45. The van der Waals surface area contributed by atoms with Crippen LogP contribution in [0.15, 0.2) is 36.4 Å². The van der Waals surface area contributed by atoms with Gasteiger partial charge in [-0.15, -0.1) is 0 Å². The van der Waals surface area contributed by atoms with Gasteiger partial charge in [0.05, 0.1) is 5.02 Å². The normalized spacial score (nSPS) is 12.5. The lowest BCUT2D eigenvalue weighted by Crippen LogP contribution is -2.01. The summed E-state index contributed by atoms with van der Waals surface area (Å²) in [6.07, 6.45) is -1.16. The third kappa shape index (κ3) is 2.64. The highest BCUT2D eigenvalue weighted by atomic mass is 35.5. The van der Waals surface area contributed by atoms with Crippen LogP contribution in [-0.2, 0) is 0 Å². The molecule has 94 valence electrons. The summed E-state index contributed by atoms with van der Waals surface area (Å²) >= 11 is 11.5. The van der Waals surface area contributed by atoms with Gasteiger partial charge >= 0.3 is 0 Å². The molecule has 1 unspecified atom stereocenters. The number of hydrogen-bond acceptors (Lipinski definition) is 1. The van der Waals surface area contributed by atoms with E-state index in [0.717, 1.165) is 12.1 Å². The van der Waals surface area contributed by atoms with Crippen LogP contribution in [-0.4, -0.2) is 5.11 Å². The molecule has 1 N–H and O–H groups in total. The lowest BCUT2D eigenvalue weighted by Gasteiger charge is -2.13. The molecule has 0 aromatic heterocycles. The average molecular weight is 289 g/mol. The van der Waals surface area contributed by atoms with Crippen molar-refractivity contribution in [3.05, 3.63) is 69.2 Å². The zero-order chi connectivity index (χ0) is 13.3. The number of aliphatic hydroxyl groups is 1. The Hall–Kier alpha value is -1.16. The van der Waals surface area contributed by atoms with E-state index in [1.807, 2.05) is 0 Å². The van der Waals surface area contributed by atoms with Gasteiger partial charge in [-0.25, -0.2) is 8.78 Å². The van der Waals surface area contributed by atoms with Crippen LogP contribution in [0.4, 0.5) is 8.78 Å². The van der Waals surface area contributed by atoms with Gasteiger partial charge in [0.2, 0.25) is 0 Å². The topological polar surface area (TPSA) is 20.2 Å². The van der Waals surface area contributed by atoms with E-state index in [-0.39, 0.29) is 15.6 Å². The summed E-state index contributed by atoms with van der Waals surface area (Å²) in [5, 5.41) is 10.2. The van der Waals surface area contributed by atoms with Crippen molar-refractivity contribution >= 4 is 23.2 Å². The number of rotatable bonds is 2. The molecule has 0 saturated carbocycles. The zero-order valence-electron chi connectivity index (χ0n) is 9.00. The molecular weight excluding hydrogens is 281 g/mol. The first-order valence-electron chi connectivity index (χ1n) is 5.07. The average Bonchev–Trinajstić information content (AvgIpc) is 2.35. The summed E-state index contributed by atoms with van der Waals surface area (Å²) in [5.41, 5.74) is 0.549. The second-order valence-electron chi connectivity index (χ2n) is 3.74. The standard InChI is InChI=1S/C13H8Cl2F2O/c14-10-3-2-8(16)6-9(10)13(18)7-1-4-12(17)11(15)5-7/h1-6,13,18H. The first-order chi connectivity index (χ1) is 8.49. The zero-order valence-corrected chi connectivity index (χ0v) is 10.5. The van der Waals surface area contributed by atoms with Gasteiger partial charge in [0.1, 0.15) is 17.7 Å². The lowest BCUT2D eigenvalue weighted by atomic mass is 10.0. The van der Waals surface area contributed by atoms with E-state index in [1.54, 1.807) is 0 Å². The summed E-state index contributed by atoms with van der Waals surface area (Å²) < 4.78 is 26.1. The third-order valence-electron chi connectivity index (χ3n) is 2.51. The van der Waals surface area contributed by atoms with Crippen molar-refractivity contribution in [2.24, 2.45) is 0 Å². The number of hydrogen-bond donors (Lipinski definition) is 1. The van der Waals surface area contributed by atoms with Crippen LogP contribution < -0.4 is 0 Å². The minimum absolute atomic E-state index is 0.112. The van der Waals surface area contributed by atoms with Gasteiger partial charge in [-0.2, -0.15) is 0 Å². The smallest absolute Gasteiger partial charge is 0.141 e. The molecule has 1 atom stereocenters. The van der Waals surface area contributed by atoms with Crippen molar-refractivity contribution in [1.82, 2.24) is 0 Å². The predicted octanol–water partition coefficient (Wildman–Crippen LogP) is 4.35. The van der Waals surface area contributed by atoms with E-state index in [2.05, 4.69) is 0 Å². The lowest BCUT2D eigenvalue weighted by molar-refractivity contribution is 0.220. The molecule has 0 aliphatic rings. The van der Waals surface area contributed by atoms with Crippen molar-refractivity contribution in [3.63, 3.8) is 0 Å². The van der Waals surface area contributed by atoms with Gasteiger partial charge in [0.25, 0.3) is 0 Å². The maximum Gasteiger partial charge on any atom is 0.141 e. The maximum absolute atomic E-state index is 13.1. The molecule has 18 heavy (non-hydrogen) atoms. The van der Waals surface area contributed by atoms with Crippen LogP contribution in [0.25, 0.3) is 0 Å². The summed E-state index contributed by atoms with van der Waals surface area (Å²) in [7, 11) is 0. The van der Waals surface area contributed by atoms with Crippen LogP contribution >= 0.6 is 23.2 Å². The quantitative estimate of drug-likeness (QED) is 0.871. The van der Waals surface area contributed by atoms with Crippen molar-refractivity contribution in [1.29, 1.82) is 0 Å². The van der Waals surface area contributed by atoms with Gasteiger partial charge in [-0.05, 0) is 35.9 Å². The minimum Gasteiger partial charge on any atom is -0.384 e. The van der Waals surface area contributed by atoms with Crippen LogP contribution in [0.5, 0.6) is 0 Å². The number of aliphatic hydroxyl groups excluding tert-OH is 1. The fourth-order valence-electron chi connectivity index (χ4n) is 1.59. The Bertz CT molecular complexity index is 587. The summed E-state index contributed by atoms with van der Waals surface area (Å²) in [5.74, 6) is -1.10. The SMILES string of the molecule is OC(c1ccc(F)c(Cl)c1)c1cc(F)ccc1Cl. The highest BCUT2D eigenvalue weighted by molar-refractivity contribution is 6.31. The second kappa shape index (κ2) is 5.22. The van der Waals surface area contributed by atoms with E-state index in [0.29, 0.717) is 5.56 Å². The number of halogens is 4. The fraction of sp³-hybridized carbons (Fsp3) is 0.0769. The predicted molar refractivity (Wildman–Crippen MR) is 66.9 cm³/mol. The van der Waals surface area contributed by atoms with Crippen LogP contribution in [0.3, 0.4) is 0 Å². The maximum atomic E-state index is 13.1.